The summed E-state index contributed by atoms with van der Waals surface area (Å²) in [5, 5.41) is 16.5. The molecule has 1 heterocycles. The highest BCUT2D eigenvalue weighted by molar-refractivity contribution is 5.80. The average molecular weight is 457 g/mol. The summed E-state index contributed by atoms with van der Waals surface area (Å²) < 4.78 is 197. The van der Waals surface area contributed by atoms with Crippen molar-refractivity contribution in [2.75, 3.05) is 0 Å². The Kier molecular flexibility index (Phi) is 4.77. The zero-order valence-corrected chi connectivity index (χ0v) is 11.9. The van der Waals surface area contributed by atoms with E-state index in [1.54, 1.807) is 0 Å². The molecule has 0 bridgehead atoms. The lowest BCUT2D eigenvalue weighted by atomic mass is 9.91. The molecule has 0 spiro atoms. The second-order valence-corrected chi connectivity index (χ2v) is 5.20. The van der Waals surface area contributed by atoms with E-state index in [1.807, 2.05) is 0 Å². The maximum atomic E-state index is 14.2. The quantitative estimate of drug-likeness (QED) is 0.494. The monoisotopic (exact) mass is 457 g/mol. The summed E-state index contributed by atoms with van der Waals surface area (Å²) in [6.07, 6.45) is -24.7. The first kappa shape index (κ1) is 24.4. The molecule has 4 nitrogen and oxygen atoms in total. The van der Waals surface area contributed by atoms with E-state index in [-0.39, 0.29) is 0 Å². The summed E-state index contributed by atoms with van der Waals surface area (Å²) >= 11 is 0. The molecule has 1 aliphatic rings. The molecular weight excluding hydrogens is 455 g/mol. The number of alkyl halides is 15. The molecule has 2 N–H and O–H groups in total. The molecule has 0 aromatic carbocycles. The fourth-order valence-electron chi connectivity index (χ4n) is 2.42. The van der Waals surface area contributed by atoms with Crippen molar-refractivity contribution in [3.8, 4) is 0 Å². The average Bonchev–Trinajstić information content (AvgIpc) is 2.44. The standard InChI is InChI=1S/C9H2F15NO3/c10-2(1(26)27)4(11,12)5(13,28)9(23,24)25(2)3(6(14,15)16,7(17,18)19)8(20,21)22/h28H,(H,26,27)/t2-,5+/m1/s1. The fraction of sp³-hybridized carbons (Fsp3) is 0.889. The molecule has 0 amide bonds. The molecule has 0 aliphatic carbocycles. The molecule has 0 radical (unpaired) electrons. The lowest BCUT2D eigenvalue weighted by Crippen LogP contribution is -2.82. The van der Waals surface area contributed by atoms with Gasteiger partial charge in [-0.05, 0) is 0 Å². The molecule has 1 fully saturated rings. The summed E-state index contributed by atoms with van der Waals surface area (Å²) in [5.41, 5.74) is -8.40. The van der Waals surface area contributed by atoms with Crippen molar-refractivity contribution >= 4 is 5.97 Å². The second-order valence-electron chi connectivity index (χ2n) is 5.20. The third-order valence-corrected chi connectivity index (χ3v) is 3.67. The number of hydrogen-bond acceptors (Lipinski definition) is 3. The third kappa shape index (κ3) is 2.28. The van der Waals surface area contributed by atoms with Crippen molar-refractivity contribution in [3.05, 3.63) is 0 Å². The minimum Gasteiger partial charge on any atom is -0.478 e. The summed E-state index contributed by atoms with van der Waals surface area (Å²) in [7, 11) is 0. The molecule has 1 aliphatic heterocycles. The highest BCUT2D eigenvalue weighted by Crippen LogP contribution is 2.69. The van der Waals surface area contributed by atoms with Crippen molar-refractivity contribution in [1.29, 1.82) is 0 Å². The molecule has 0 aromatic rings. The lowest BCUT2D eigenvalue weighted by molar-refractivity contribution is -0.465. The van der Waals surface area contributed by atoms with E-state index in [0.29, 0.717) is 0 Å². The van der Waals surface area contributed by atoms with E-state index in [4.69, 9.17) is 10.2 Å². The number of carbonyl (C=O) groups is 1. The molecule has 1 rings (SSSR count). The predicted molar refractivity (Wildman–Crippen MR) is 50.2 cm³/mol. The van der Waals surface area contributed by atoms with E-state index in [1.165, 1.54) is 0 Å². The summed E-state index contributed by atoms with van der Waals surface area (Å²) in [5.74, 6) is -26.6. The van der Waals surface area contributed by atoms with Gasteiger partial charge < -0.3 is 10.2 Å². The fourth-order valence-corrected chi connectivity index (χ4v) is 2.42. The van der Waals surface area contributed by atoms with E-state index in [2.05, 4.69) is 0 Å². The Morgan fingerprint density at radius 2 is 1.00 bits per heavy atom. The van der Waals surface area contributed by atoms with Gasteiger partial charge in [0.2, 0.25) is 0 Å². The number of carboxylic acids is 1. The maximum absolute atomic E-state index is 14.2. The summed E-state index contributed by atoms with van der Waals surface area (Å²) in [6, 6.07) is -7.73. The second kappa shape index (κ2) is 5.48. The van der Waals surface area contributed by atoms with Crippen LogP contribution >= 0.6 is 0 Å². The highest BCUT2D eigenvalue weighted by Gasteiger charge is 3.03. The van der Waals surface area contributed by atoms with Gasteiger partial charge in [-0.2, -0.15) is 66.4 Å². The first-order chi connectivity index (χ1) is 11.8. The van der Waals surface area contributed by atoms with Gasteiger partial charge in [0.05, 0.1) is 0 Å². The lowest BCUT2D eigenvalue weighted by Gasteiger charge is -2.48. The predicted octanol–water partition coefficient (Wildman–Crippen LogP) is 3.36. The van der Waals surface area contributed by atoms with Gasteiger partial charge in [0, 0.05) is 0 Å². The van der Waals surface area contributed by atoms with E-state index >= 15 is 0 Å². The van der Waals surface area contributed by atoms with E-state index in [0.717, 1.165) is 0 Å². The minimum absolute atomic E-state index is 4.30. The number of nitrogens with zero attached hydrogens (tertiary/aromatic N) is 1. The molecule has 0 unspecified atom stereocenters. The van der Waals surface area contributed by atoms with Crippen molar-refractivity contribution < 1.29 is 80.9 Å². The van der Waals surface area contributed by atoms with Crippen LogP contribution in [0.15, 0.2) is 0 Å². The van der Waals surface area contributed by atoms with Gasteiger partial charge in [-0.25, -0.2) is 9.18 Å². The number of hydrogen-bond donors (Lipinski definition) is 2. The molecule has 2 atom stereocenters. The van der Waals surface area contributed by atoms with Crippen LogP contribution in [0.1, 0.15) is 0 Å². The Hall–Kier alpha value is -1.66. The van der Waals surface area contributed by atoms with Crippen molar-refractivity contribution in [3.63, 3.8) is 0 Å². The highest BCUT2D eigenvalue weighted by atomic mass is 19.4. The first-order valence-electron chi connectivity index (χ1n) is 5.91. The largest absolute Gasteiger partial charge is 0.478 e. The smallest absolute Gasteiger partial charge is 0.425 e. The van der Waals surface area contributed by atoms with Crippen LogP contribution in [0.2, 0.25) is 0 Å². The Morgan fingerprint density at radius 1 is 0.714 bits per heavy atom. The Morgan fingerprint density at radius 3 is 1.21 bits per heavy atom. The van der Waals surface area contributed by atoms with Crippen LogP contribution in [0.5, 0.6) is 0 Å². The van der Waals surface area contributed by atoms with Crippen LogP contribution in [-0.2, 0) is 4.79 Å². The van der Waals surface area contributed by atoms with E-state index in [9.17, 15) is 70.7 Å². The molecule has 28 heavy (non-hydrogen) atoms. The molecule has 19 heteroatoms. The van der Waals surface area contributed by atoms with Crippen molar-refractivity contribution in [2.24, 2.45) is 0 Å². The van der Waals surface area contributed by atoms with Crippen LogP contribution in [-0.4, -0.2) is 68.8 Å². The minimum atomic E-state index is -8.40. The number of aliphatic hydroxyl groups is 1. The van der Waals surface area contributed by atoms with Crippen LogP contribution in [0.4, 0.5) is 65.9 Å². The normalized spacial score (nSPS) is 31.9. The Balaban J connectivity index is 4.37. The Labute approximate surface area is 141 Å². The van der Waals surface area contributed by atoms with Crippen LogP contribution in [0.25, 0.3) is 0 Å². The number of carboxylic acid groups (broad SMARTS) is 1. The zero-order valence-electron chi connectivity index (χ0n) is 11.9. The third-order valence-electron chi connectivity index (χ3n) is 3.67. The number of aliphatic carboxylic acids is 1. The van der Waals surface area contributed by atoms with E-state index < -0.39 is 58.6 Å². The molecule has 0 aromatic heterocycles. The van der Waals surface area contributed by atoms with Crippen LogP contribution < -0.4 is 0 Å². The van der Waals surface area contributed by atoms with Gasteiger partial charge in [-0.1, -0.05) is 0 Å². The van der Waals surface area contributed by atoms with Crippen molar-refractivity contribution in [2.45, 2.75) is 47.7 Å². The van der Waals surface area contributed by atoms with Crippen LogP contribution in [0, 0.1) is 0 Å². The van der Waals surface area contributed by atoms with Crippen LogP contribution in [0.3, 0.4) is 0 Å². The van der Waals surface area contributed by atoms with Gasteiger partial charge >= 0.3 is 53.7 Å². The summed E-state index contributed by atoms with van der Waals surface area (Å²) in [4.78, 5) is 6.25. The SMILES string of the molecule is O=C(O)[C@@]1(F)N(C(C(F)(F)F)(C(F)(F)F)C(F)(F)F)C(F)(F)[C@](O)(F)C1(F)F. The van der Waals surface area contributed by atoms with Crippen molar-refractivity contribution in [1.82, 2.24) is 4.90 Å². The number of rotatable bonds is 2. The molecule has 166 valence electrons. The number of likely N-dealkylation sites (tertiary alicyclic amines) is 1. The zero-order chi connectivity index (χ0) is 23.2. The van der Waals surface area contributed by atoms with Gasteiger partial charge in [0.15, 0.2) is 0 Å². The van der Waals surface area contributed by atoms with Gasteiger partial charge in [0.25, 0.3) is 0 Å². The van der Waals surface area contributed by atoms with Gasteiger partial charge in [0.1, 0.15) is 0 Å². The first-order valence-corrected chi connectivity index (χ1v) is 5.91. The van der Waals surface area contributed by atoms with Gasteiger partial charge in [-0.3, -0.25) is 0 Å². The van der Waals surface area contributed by atoms with Gasteiger partial charge in [-0.15, -0.1) is 0 Å². The Bertz CT molecular complexity index is 625. The molecular formula is C9H2F15NO3. The topological polar surface area (TPSA) is 60.8 Å². The molecule has 0 saturated carbocycles. The summed E-state index contributed by atoms with van der Waals surface area (Å²) in [6.45, 7) is 0. The molecule has 1 saturated heterocycles. The number of halogens is 15. The maximum Gasteiger partial charge on any atom is 0.425 e.